The van der Waals surface area contributed by atoms with Gasteiger partial charge in [0.15, 0.2) is 5.16 Å². The Morgan fingerprint density at radius 2 is 2.30 bits per heavy atom. The van der Waals surface area contributed by atoms with Gasteiger partial charge in [-0.15, -0.1) is 21.5 Å². The number of carboxylic acid groups (broad SMARTS) is 1. The molecule has 0 aliphatic carbocycles. The fourth-order valence-corrected chi connectivity index (χ4v) is 3.40. The Bertz CT molecular complexity index is 592. The van der Waals surface area contributed by atoms with Crippen LogP contribution >= 0.6 is 23.1 Å². The second-order valence-electron chi connectivity index (χ2n) is 4.44. The molecule has 2 aromatic rings. The van der Waals surface area contributed by atoms with Gasteiger partial charge in [0.2, 0.25) is 0 Å². The van der Waals surface area contributed by atoms with Gasteiger partial charge < -0.3 is 9.67 Å². The number of aryl methyl sites for hydroxylation is 2. The number of hydrogen-bond donors (Lipinski definition) is 1. The summed E-state index contributed by atoms with van der Waals surface area (Å²) in [5.74, 6) is 0.0929. The minimum Gasteiger partial charge on any atom is -0.481 e. The lowest BCUT2D eigenvalue weighted by atomic mass is 10.3. The molecule has 0 saturated carbocycles. The zero-order valence-electron chi connectivity index (χ0n) is 11.5. The number of carboxylic acids is 1. The molecule has 0 aliphatic rings. The molecule has 20 heavy (non-hydrogen) atoms. The number of carbonyl (C=O) groups is 1. The first kappa shape index (κ1) is 15.1. The van der Waals surface area contributed by atoms with Gasteiger partial charge in [0, 0.05) is 11.3 Å². The molecular weight excluding hydrogens is 294 g/mol. The highest BCUT2D eigenvalue weighted by Gasteiger charge is 2.15. The molecular formula is C13H17N3O2S2. The van der Waals surface area contributed by atoms with Crippen LogP contribution in [0, 0.1) is 6.92 Å². The van der Waals surface area contributed by atoms with Crippen molar-refractivity contribution >= 4 is 29.1 Å². The maximum Gasteiger partial charge on any atom is 0.313 e. The third-order valence-corrected chi connectivity index (χ3v) is 4.82. The number of nitrogens with zero attached hydrogens (tertiary/aromatic N) is 3. The van der Waals surface area contributed by atoms with Crippen molar-refractivity contribution in [1.82, 2.24) is 14.8 Å². The summed E-state index contributed by atoms with van der Waals surface area (Å²) in [7, 11) is 0. The van der Waals surface area contributed by atoms with Crippen molar-refractivity contribution in [2.45, 2.75) is 38.4 Å². The lowest BCUT2D eigenvalue weighted by Crippen LogP contribution is -2.08. The molecule has 7 heteroatoms. The summed E-state index contributed by atoms with van der Waals surface area (Å²) in [4.78, 5) is 12.0. The van der Waals surface area contributed by atoms with Crippen LogP contribution in [0.15, 0.2) is 16.6 Å². The van der Waals surface area contributed by atoms with Gasteiger partial charge in [-0.3, -0.25) is 4.79 Å². The quantitative estimate of drug-likeness (QED) is 0.796. The largest absolute Gasteiger partial charge is 0.481 e. The standard InChI is InChI=1S/C13H17N3O2S2/c1-3-4-11-14-15-13(20-8-12(17)18)16(11)7-10-9(2)5-6-19-10/h5-6H,3-4,7-8H2,1-2H3,(H,17,18). The summed E-state index contributed by atoms with van der Waals surface area (Å²) < 4.78 is 2.04. The van der Waals surface area contributed by atoms with Gasteiger partial charge in [-0.25, -0.2) is 0 Å². The van der Waals surface area contributed by atoms with E-state index in [1.54, 1.807) is 11.3 Å². The topological polar surface area (TPSA) is 68.0 Å². The molecule has 0 aliphatic heterocycles. The molecule has 2 aromatic heterocycles. The maximum absolute atomic E-state index is 10.7. The molecule has 0 atom stereocenters. The van der Waals surface area contributed by atoms with Gasteiger partial charge in [0.05, 0.1) is 12.3 Å². The van der Waals surface area contributed by atoms with Crippen molar-refractivity contribution in [2.75, 3.05) is 5.75 Å². The monoisotopic (exact) mass is 311 g/mol. The molecule has 0 spiro atoms. The predicted octanol–water partition coefficient (Wildman–Crippen LogP) is 2.83. The van der Waals surface area contributed by atoms with E-state index in [1.165, 1.54) is 22.2 Å². The smallest absolute Gasteiger partial charge is 0.313 e. The second kappa shape index (κ2) is 6.90. The lowest BCUT2D eigenvalue weighted by Gasteiger charge is -2.08. The van der Waals surface area contributed by atoms with E-state index in [4.69, 9.17) is 5.11 Å². The minimum absolute atomic E-state index is 0.00762. The molecule has 0 aromatic carbocycles. The number of thiophene rings is 1. The summed E-state index contributed by atoms with van der Waals surface area (Å²) in [6, 6.07) is 2.09. The van der Waals surface area contributed by atoms with Gasteiger partial charge >= 0.3 is 5.97 Å². The average molecular weight is 311 g/mol. The van der Waals surface area contributed by atoms with Crippen molar-refractivity contribution in [1.29, 1.82) is 0 Å². The molecule has 0 bridgehead atoms. The van der Waals surface area contributed by atoms with Crippen LogP contribution in [0.25, 0.3) is 0 Å². The molecule has 2 rings (SSSR count). The Hall–Kier alpha value is -1.34. The van der Waals surface area contributed by atoms with Gasteiger partial charge in [0.25, 0.3) is 0 Å². The van der Waals surface area contributed by atoms with Crippen LogP contribution in [0.4, 0.5) is 0 Å². The Morgan fingerprint density at radius 3 is 2.90 bits per heavy atom. The third-order valence-electron chi connectivity index (χ3n) is 2.86. The molecule has 0 fully saturated rings. The molecule has 0 unspecified atom stereocenters. The number of hydrogen-bond acceptors (Lipinski definition) is 5. The van der Waals surface area contributed by atoms with E-state index in [0.717, 1.165) is 18.7 Å². The normalized spacial score (nSPS) is 10.9. The van der Waals surface area contributed by atoms with Crippen LogP contribution in [-0.4, -0.2) is 31.6 Å². The van der Waals surface area contributed by atoms with Gasteiger partial charge in [-0.05, 0) is 30.4 Å². The van der Waals surface area contributed by atoms with E-state index in [2.05, 4.69) is 35.5 Å². The lowest BCUT2D eigenvalue weighted by molar-refractivity contribution is -0.133. The zero-order chi connectivity index (χ0) is 14.5. The Labute approximate surface area is 126 Å². The first-order valence-electron chi connectivity index (χ1n) is 6.41. The Kier molecular flexibility index (Phi) is 5.19. The number of aliphatic carboxylic acids is 1. The van der Waals surface area contributed by atoms with Crippen molar-refractivity contribution in [3.63, 3.8) is 0 Å². The van der Waals surface area contributed by atoms with Gasteiger partial charge in [0.1, 0.15) is 5.82 Å². The van der Waals surface area contributed by atoms with Crippen LogP contribution in [0.5, 0.6) is 0 Å². The van der Waals surface area contributed by atoms with Crippen molar-refractivity contribution in [2.24, 2.45) is 0 Å². The van der Waals surface area contributed by atoms with Gasteiger partial charge in [-0.2, -0.15) is 0 Å². The fraction of sp³-hybridized carbons (Fsp3) is 0.462. The maximum atomic E-state index is 10.7. The van der Waals surface area contributed by atoms with E-state index in [-0.39, 0.29) is 5.75 Å². The van der Waals surface area contributed by atoms with E-state index in [9.17, 15) is 4.79 Å². The molecule has 2 heterocycles. The van der Waals surface area contributed by atoms with E-state index in [1.807, 2.05) is 4.57 Å². The Morgan fingerprint density at radius 1 is 1.50 bits per heavy atom. The number of aromatic nitrogens is 3. The summed E-state index contributed by atoms with van der Waals surface area (Å²) in [6.45, 7) is 4.90. The highest BCUT2D eigenvalue weighted by Crippen LogP contribution is 2.23. The molecule has 5 nitrogen and oxygen atoms in total. The molecule has 0 radical (unpaired) electrons. The molecule has 108 valence electrons. The summed E-state index contributed by atoms with van der Waals surface area (Å²) in [5, 5.41) is 19.9. The number of thioether (sulfide) groups is 1. The summed E-state index contributed by atoms with van der Waals surface area (Å²) in [5.41, 5.74) is 1.25. The van der Waals surface area contributed by atoms with E-state index in [0.29, 0.717) is 11.7 Å². The van der Waals surface area contributed by atoms with Crippen LogP contribution in [0.3, 0.4) is 0 Å². The molecule has 1 N–H and O–H groups in total. The van der Waals surface area contributed by atoms with Gasteiger partial charge in [-0.1, -0.05) is 18.7 Å². The van der Waals surface area contributed by atoms with Crippen molar-refractivity contribution in [3.05, 3.63) is 27.7 Å². The first-order chi connectivity index (χ1) is 9.61. The number of rotatable bonds is 7. The fourth-order valence-electron chi connectivity index (χ4n) is 1.83. The highest BCUT2D eigenvalue weighted by atomic mass is 32.2. The molecule has 0 amide bonds. The average Bonchev–Trinajstić information content (AvgIpc) is 2.97. The SMILES string of the molecule is CCCc1nnc(SCC(=O)O)n1Cc1sccc1C. The second-order valence-corrected chi connectivity index (χ2v) is 6.39. The van der Waals surface area contributed by atoms with Crippen LogP contribution in [0.2, 0.25) is 0 Å². The Balaban J connectivity index is 2.24. The summed E-state index contributed by atoms with van der Waals surface area (Å²) in [6.07, 6.45) is 1.84. The van der Waals surface area contributed by atoms with E-state index < -0.39 is 5.97 Å². The van der Waals surface area contributed by atoms with Crippen LogP contribution in [0.1, 0.15) is 29.6 Å². The van der Waals surface area contributed by atoms with Crippen LogP contribution < -0.4 is 0 Å². The van der Waals surface area contributed by atoms with Crippen LogP contribution in [-0.2, 0) is 17.8 Å². The minimum atomic E-state index is -0.839. The van der Waals surface area contributed by atoms with E-state index >= 15 is 0 Å². The zero-order valence-corrected chi connectivity index (χ0v) is 13.1. The third kappa shape index (κ3) is 3.61. The summed E-state index contributed by atoms with van der Waals surface area (Å²) >= 11 is 2.93. The first-order valence-corrected chi connectivity index (χ1v) is 8.28. The van der Waals surface area contributed by atoms with Crippen molar-refractivity contribution < 1.29 is 9.90 Å². The highest BCUT2D eigenvalue weighted by molar-refractivity contribution is 7.99. The predicted molar refractivity (Wildman–Crippen MR) is 80.5 cm³/mol. The molecule has 0 saturated heterocycles. The van der Waals surface area contributed by atoms with Crippen molar-refractivity contribution in [3.8, 4) is 0 Å².